The zero-order valence-corrected chi connectivity index (χ0v) is 10.3. The van der Waals surface area contributed by atoms with E-state index in [0.29, 0.717) is 12.2 Å². The maximum absolute atomic E-state index is 11.6. The van der Waals surface area contributed by atoms with Crippen LogP contribution in [0.4, 0.5) is 0 Å². The second-order valence-corrected chi connectivity index (χ2v) is 5.58. The highest BCUT2D eigenvalue weighted by atomic mass is 31.2. The Balaban J connectivity index is 2.94. The van der Waals surface area contributed by atoms with Gasteiger partial charge in [0.1, 0.15) is 5.75 Å². The molecule has 0 aromatic heterocycles. The van der Waals surface area contributed by atoms with Crippen LogP contribution in [0.1, 0.15) is 24.5 Å². The van der Waals surface area contributed by atoms with Crippen LogP contribution in [0.2, 0.25) is 0 Å². The number of benzene rings is 1. The number of rotatable bonds is 4. The number of hydrogen-bond acceptors (Lipinski definition) is 2. The van der Waals surface area contributed by atoms with Crippen LogP contribution < -0.4 is 4.52 Å². The molecule has 1 unspecified atom stereocenters. The van der Waals surface area contributed by atoms with Gasteiger partial charge in [-0.3, -0.25) is 0 Å². The molecule has 0 heterocycles. The van der Waals surface area contributed by atoms with Gasteiger partial charge in [-0.25, -0.2) is 4.57 Å². The van der Waals surface area contributed by atoms with Crippen LogP contribution >= 0.6 is 7.60 Å². The Hall–Kier alpha value is -0.790. The van der Waals surface area contributed by atoms with E-state index in [4.69, 9.17) is 4.52 Å². The predicted octanol–water partition coefficient (Wildman–Crippen LogP) is 3.28. The maximum atomic E-state index is 11.6. The van der Waals surface area contributed by atoms with Crippen LogP contribution in [0.15, 0.2) is 18.2 Å². The molecule has 0 radical (unpaired) electrons. The van der Waals surface area contributed by atoms with Crippen LogP contribution in [0.25, 0.3) is 0 Å². The van der Waals surface area contributed by atoms with Gasteiger partial charge in [0.15, 0.2) is 0 Å². The quantitative estimate of drug-likeness (QED) is 0.804. The molecule has 1 aromatic carbocycles. The van der Waals surface area contributed by atoms with E-state index >= 15 is 0 Å². The lowest BCUT2D eigenvalue weighted by Gasteiger charge is -2.16. The molecular formula is C11H17O3P. The molecule has 0 saturated carbocycles. The van der Waals surface area contributed by atoms with Crippen LogP contribution in [0.3, 0.4) is 0 Å². The highest BCUT2D eigenvalue weighted by Crippen LogP contribution is 2.44. The summed E-state index contributed by atoms with van der Waals surface area (Å²) in [5.41, 5.74) is 1.78. The Kier molecular flexibility index (Phi) is 3.95. The third-order valence-corrected chi connectivity index (χ3v) is 3.63. The standard InChI is InChI=1S/C11H17O3P/c1-4-8-15(12,13)14-11-9(2)6-5-7-10(11)3/h5-7H,4,8H2,1-3H3,(H,12,13). The molecule has 84 valence electrons. The average Bonchev–Trinajstić information content (AvgIpc) is 2.11. The maximum Gasteiger partial charge on any atom is 0.376 e. The highest BCUT2D eigenvalue weighted by Gasteiger charge is 2.21. The number of aryl methyl sites for hydroxylation is 2. The molecule has 1 N–H and O–H groups in total. The molecular weight excluding hydrogens is 211 g/mol. The highest BCUT2D eigenvalue weighted by molar-refractivity contribution is 7.53. The summed E-state index contributed by atoms with van der Waals surface area (Å²) in [7, 11) is -3.47. The average molecular weight is 228 g/mol. The van der Waals surface area contributed by atoms with Crippen LogP contribution in [0, 0.1) is 13.8 Å². The van der Waals surface area contributed by atoms with Crippen molar-refractivity contribution in [3.05, 3.63) is 29.3 Å². The summed E-state index contributed by atoms with van der Waals surface area (Å²) in [6.07, 6.45) is 0.833. The first kappa shape index (κ1) is 12.3. The largest absolute Gasteiger partial charge is 0.424 e. The van der Waals surface area contributed by atoms with Crippen molar-refractivity contribution < 1.29 is 14.0 Å². The SMILES string of the molecule is CCCP(=O)(O)Oc1c(C)cccc1C. The van der Waals surface area contributed by atoms with Crippen LogP contribution in [0.5, 0.6) is 5.75 Å². The van der Waals surface area contributed by atoms with E-state index in [1.54, 1.807) is 0 Å². The van der Waals surface area contributed by atoms with E-state index < -0.39 is 7.60 Å². The lowest BCUT2D eigenvalue weighted by molar-refractivity contribution is 0.377. The molecule has 0 aliphatic rings. The van der Waals surface area contributed by atoms with Gasteiger partial charge in [0.25, 0.3) is 0 Å². The molecule has 1 atom stereocenters. The minimum atomic E-state index is -3.47. The normalized spacial score (nSPS) is 14.7. The van der Waals surface area contributed by atoms with Gasteiger partial charge in [0.05, 0.1) is 6.16 Å². The molecule has 1 rings (SSSR count). The second-order valence-electron chi connectivity index (χ2n) is 3.67. The van der Waals surface area contributed by atoms with Crippen molar-refractivity contribution in [3.63, 3.8) is 0 Å². The lowest BCUT2D eigenvalue weighted by Crippen LogP contribution is -1.99. The smallest absolute Gasteiger partial charge is 0.376 e. The molecule has 0 saturated heterocycles. The molecule has 1 aromatic rings. The van der Waals surface area contributed by atoms with E-state index in [1.807, 2.05) is 39.0 Å². The van der Waals surface area contributed by atoms with E-state index in [2.05, 4.69) is 0 Å². The van der Waals surface area contributed by atoms with E-state index in [1.165, 1.54) is 0 Å². The molecule has 3 nitrogen and oxygen atoms in total. The fourth-order valence-electron chi connectivity index (χ4n) is 1.41. The summed E-state index contributed by atoms with van der Waals surface area (Å²) in [5.74, 6) is 0.539. The molecule has 0 amide bonds. The van der Waals surface area contributed by atoms with Gasteiger partial charge >= 0.3 is 7.60 Å². The van der Waals surface area contributed by atoms with Gasteiger partial charge < -0.3 is 9.42 Å². The Labute approximate surface area is 90.6 Å². The minimum absolute atomic E-state index is 0.195. The summed E-state index contributed by atoms with van der Waals surface area (Å²) in [6.45, 7) is 5.60. The monoisotopic (exact) mass is 228 g/mol. The van der Waals surface area contributed by atoms with Crippen molar-refractivity contribution >= 4 is 7.60 Å². The van der Waals surface area contributed by atoms with Gasteiger partial charge in [0.2, 0.25) is 0 Å². The summed E-state index contributed by atoms with van der Waals surface area (Å²) in [6, 6.07) is 5.64. The third kappa shape index (κ3) is 3.37. The fraction of sp³-hybridized carbons (Fsp3) is 0.455. The first-order valence-corrected chi connectivity index (χ1v) is 6.80. The molecule has 0 spiro atoms. The summed E-state index contributed by atoms with van der Waals surface area (Å²) in [5, 5.41) is 0. The van der Waals surface area contributed by atoms with Crippen molar-refractivity contribution in [1.82, 2.24) is 0 Å². The number of para-hydroxylation sites is 1. The zero-order valence-electron chi connectivity index (χ0n) is 9.36. The van der Waals surface area contributed by atoms with Gasteiger partial charge in [-0.2, -0.15) is 0 Å². The van der Waals surface area contributed by atoms with E-state index in [-0.39, 0.29) is 6.16 Å². The Morgan fingerprint density at radius 3 is 2.33 bits per heavy atom. The Bertz CT molecular complexity index is 367. The second kappa shape index (κ2) is 4.82. The predicted molar refractivity (Wildman–Crippen MR) is 61.5 cm³/mol. The molecule has 0 bridgehead atoms. The van der Waals surface area contributed by atoms with Crippen LogP contribution in [-0.2, 0) is 4.57 Å². The van der Waals surface area contributed by atoms with E-state index in [0.717, 1.165) is 11.1 Å². The number of hydrogen-bond donors (Lipinski definition) is 1. The van der Waals surface area contributed by atoms with Crippen molar-refractivity contribution in [3.8, 4) is 5.75 Å². The van der Waals surface area contributed by atoms with Gasteiger partial charge in [0, 0.05) is 0 Å². The van der Waals surface area contributed by atoms with Gasteiger partial charge in [-0.05, 0) is 31.4 Å². The molecule has 0 fully saturated rings. The first-order valence-electron chi connectivity index (χ1n) is 5.04. The molecule has 0 aliphatic carbocycles. The van der Waals surface area contributed by atoms with E-state index in [9.17, 15) is 9.46 Å². The van der Waals surface area contributed by atoms with Crippen molar-refractivity contribution in [2.24, 2.45) is 0 Å². The fourth-order valence-corrected chi connectivity index (χ4v) is 2.64. The topological polar surface area (TPSA) is 46.5 Å². The lowest BCUT2D eigenvalue weighted by atomic mass is 10.1. The molecule has 0 aliphatic heterocycles. The van der Waals surface area contributed by atoms with Crippen molar-refractivity contribution in [2.45, 2.75) is 27.2 Å². The van der Waals surface area contributed by atoms with Crippen LogP contribution in [-0.4, -0.2) is 11.1 Å². The summed E-state index contributed by atoms with van der Waals surface area (Å²) >= 11 is 0. The van der Waals surface area contributed by atoms with Gasteiger partial charge in [-0.15, -0.1) is 0 Å². The first-order chi connectivity index (χ1) is 6.96. The van der Waals surface area contributed by atoms with Crippen molar-refractivity contribution in [1.29, 1.82) is 0 Å². The Morgan fingerprint density at radius 1 is 1.33 bits per heavy atom. The minimum Gasteiger partial charge on any atom is -0.424 e. The van der Waals surface area contributed by atoms with Gasteiger partial charge in [-0.1, -0.05) is 25.1 Å². The summed E-state index contributed by atoms with van der Waals surface area (Å²) < 4.78 is 16.8. The Morgan fingerprint density at radius 2 is 1.87 bits per heavy atom. The van der Waals surface area contributed by atoms with Crippen molar-refractivity contribution in [2.75, 3.05) is 6.16 Å². The summed E-state index contributed by atoms with van der Waals surface area (Å²) in [4.78, 5) is 9.55. The molecule has 15 heavy (non-hydrogen) atoms. The zero-order chi connectivity index (χ0) is 11.5. The molecule has 4 heteroatoms. The third-order valence-electron chi connectivity index (χ3n) is 2.15.